The summed E-state index contributed by atoms with van der Waals surface area (Å²) in [6.07, 6.45) is 6.41. The molecule has 3 aromatic rings. The van der Waals surface area contributed by atoms with Crippen molar-refractivity contribution in [3.63, 3.8) is 0 Å². The molecule has 2 aromatic heterocycles. The molecule has 3 atom stereocenters. The summed E-state index contributed by atoms with van der Waals surface area (Å²) in [5.41, 5.74) is 3.25. The summed E-state index contributed by atoms with van der Waals surface area (Å²) in [5.74, 6) is 0.407. The van der Waals surface area contributed by atoms with E-state index in [1.165, 1.54) is 6.33 Å². The van der Waals surface area contributed by atoms with E-state index in [9.17, 15) is 9.90 Å². The van der Waals surface area contributed by atoms with Crippen molar-refractivity contribution in [1.29, 1.82) is 0 Å². The van der Waals surface area contributed by atoms with Gasteiger partial charge in [-0.3, -0.25) is 9.48 Å². The van der Waals surface area contributed by atoms with Crippen molar-refractivity contribution >= 4 is 35.8 Å². The van der Waals surface area contributed by atoms with Gasteiger partial charge in [0.2, 0.25) is 14.1 Å². The highest BCUT2D eigenvalue weighted by molar-refractivity contribution is 9.10. The number of halogens is 1. The number of hydrogen-bond acceptors (Lipinski definition) is 7. The number of carbonyl (C=O) groups is 1. The van der Waals surface area contributed by atoms with Crippen LogP contribution in [0.2, 0.25) is 16.6 Å². The van der Waals surface area contributed by atoms with E-state index in [0.29, 0.717) is 40.2 Å². The van der Waals surface area contributed by atoms with Crippen LogP contribution in [0.3, 0.4) is 0 Å². The van der Waals surface area contributed by atoms with Gasteiger partial charge >= 0.3 is 0 Å². The fourth-order valence-corrected chi connectivity index (χ4v) is 12.9. The molecule has 1 saturated carbocycles. The van der Waals surface area contributed by atoms with Gasteiger partial charge in [-0.1, -0.05) is 69.6 Å². The van der Waals surface area contributed by atoms with Crippen LogP contribution in [-0.2, 0) is 11.0 Å². The normalized spacial score (nSPS) is 19.5. The van der Waals surface area contributed by atoms with E-state index in [1.54, 1.807) is 16.9 Å². The minimum absolute atomic E-state index is 0.0268. The van der Waals surface area contributed by atoms with Gasteiger partial charge in [-0.15, -0.1) is 0 Å². The Bertz CT molecular complexity index is 1310. The molecule has 1 N–H and O–H groups in total. The van der Waals surface area contributed by atoms with Crippen molar-refractivity contribution in [3.8, 4) is 0 Å². The third-order valence-electron chi connectivity index (χ3n) is 8.83. The molecule has 8 nitrogen and oxygen atoms in total. The number of anilines is 1. The van der Waals surface area contributed by atoms with Gasteiger partial charge in [0.1, 0.15) is 17.8 Å². The SMILES string of the molecule is CC(C)[Si](O[C@H]1C[C@H](N(C)c2ncncc2C(=O)c2ccn(Cc3cccc(Br)c3)n2)C[C@@H]1CO)(C(C)C)C(C)C. The molecule has 2 heterocycles. The van der Waals surface area contributed by atoms with Gasteiger partial charge in [0, 0.05) is 42.5 Å². The largest absolute Gasteiger partial charge is 0.413 e. The first-order chi connectivity index (χ1) is 19.5. The van der Waals surface area contributed by atoms with Crippen molar-refractivity contribution in [2.75, 3.05) is 18.6 Å². The Balaban J connectivity index is 1.54. The summed E-state index contributed by atoms with van der Waals surface area (Å²) in [5, 5.41) is 14.9. The van der Waals surface area contributed by atoms with Crippen LogP contribution in [0.25, 0.3) is 0 Å². The van der Waals surface area contributed by atoms with Crippen LogP contribution in [0, 0.1) is 5.92 Å². The Labute approximate surface area is 253 Å². The van der Waals surface area contributed by atoms with Gasteiger partial charge in [-0.25, -0.2) is 9.97 Å². The van der Waals surface area contributed by atoms with E-state index in [0.717, 1.165) is 22.9 Å². The molecule has 0 saturated heterocycles. The number of benzene rings is 1. The first-order valence-electron chi connectivity index (χ1n) is 14.6. The molecule has 1 aliphatic carbocycles. The molecule has 0 unspecified atom stereocenters. The molecule has 0 radical (unpaired) electrons. The summed E-state index contributed by atoms with van der Waals surface area (Å²) < 4.78 is 9.91. The number of ketones is 1. The summed E-state index contributed by atoms with van der Waals surface area (Å²) in [7, 11) is -0.142. The number of aliphatic hydroxyl groups excluding tert-OH is 1. The van der Waals surface area contributed by atoms with Crippen molar-refractivity contribution in [2.45, 2.75) is 89.7 Å². The highest BCUT2D eigenvalue weighted by Gasteiger charge is 2.49. The van der Waals surface area contributed by atoms with Crippen LogP contribution in [0.15, 0.2) is 53.5 Å². The molecular weight excluding hydrogens is 598 g/mol. The lowest BCUT2D eigenvalue weighted by atomic mass is 10.1. The van der Waals surface area contributed by atoms with Crippen LogP contribution < -0.4 is 4.90 Å². The van der Waals surface area contributed by atoms with E-state index >= 15 is 0 Å². The number of rotatable bonds is 12. The zero-order valence-electron chi connectivity index (χ0n) is 25.3. The minimum Gasteiger partial charge on any atom is -0.413 e. The summed E-state index contributed by atoms with van der Waals surface area (Å²) in [4.78, 5) is 24.5. The molecular formula is C31H44BrN5O3Si. The van der Waals surface area contributed by atoms with Crippen LogP contribution in [0.5, 0.6) is 0 Å². The predicted octanol–water partition coefficient (Wildman–Crippen LogP) is 6.48. The van der Waals surface area contributed by atoms with Crippen molar-refractivity contribution < 1.29 is 14.3 Å². The van der Waals surface area contributed by atoms with E-state index in [4.69, 9.17) is 4.43 Å². The second-order valence-electron chi connectivity index (χ2n) is 12.3. The topological polar surface area (TPSA) is 93.4 Å². The first-order valence-corrected chi connectivity index (χ1v) is 17.5. The third kappa shape index (κ3) is 6.66. The number of carbonyl (C=O) groups excluding carboxylic acids is 1. The zero-order valence-corrected chi connectivity index (χ0v) is 27.9. The average molecular weight is 643 g/mol. The Kier molecular flexibility index (Phi) is 10.2. The van der Waals surface area contributed by atoms with Gasteiger partial charge in [0.15, 0.2) is 0 Å². The molecule has 10 heteroatoms. The molecule has 0 bridgehead atoms. The molecule has 1 aromatic carbocycles. The fourth-order valence-electron chi connectivity index (χ4n) is 6.85. The second-order valence-corrected chi connectivity index (χ2v) is 18.6. The van der Waals surface area contributed by atoms with Crippen LogP contribution in [0.1, 0.15) is 76.0 Å². The summed E-state index contributed by atoms with van der Waals surface area (Å²) in [6, 6.07) is 9.84. The monoisotopic (exact) mass is 641 g/mol. The molecule has 1 aliphatic rings. The van der Waals surface area contributed by atoms with Crippen LogP contribution in [-0.4, -0.2) is 64.8 Å². The molecule has 0 spiro atoms. The Hall–Kier alpha value is -2.40. The van der Waals surface area contributed by atoms with Crippen LogP contribution in [0.4, 0.5) is 5.82 Å². The van der Waals surface area contributed by atoms with Gasteiger partial charge in [-0.2, -0.15) is 5.10 Å². The van der Waals surface area contributed by atoms with Gasteiger partial charge in [0.05, 0.1) is 18.2 Å². The average Bonchev–Trinajstić information content (AvgIpc) is 3.57. The van der Waals surface area contributed by atoms with E-state index < -0.39 is 8.32 Å². The lowest BCUT2D eigenvalue weighted by molar-refractivity contribution is 0.0941. The first kappa shape index (κ1) is 31.5. The van der Waals surface area contributed by atoms with E-state index in [1.807, 2.05) is 37.5 Å². The quantitative estimate of drug-likeness (QED) is 0.179. The molecule has 4 rings (SSSR count). The van der Waals surface area contributed by atoms with Gasteiger partial charge < -0.3 is 14.4 Å². The summed E-state index contributed by atoms with van der Waals surface area (Å²) >= 11 is 3.51. The fraction of sp³-hybridized carbons (Fsp3) is 0.548. The highest BCUT2D eigenvalue weighted by atomic mass is 79.9. The number of hydrogen-bond donors (Lipinski definition) is 1. The van der Waals surface area contributed by atoms with E-state index in [2.05, 4.69) is 77.4 Å². The number of aliphatic hydroxyl groups is 1. The van der Waals surface area contributed by atoms with Gasteiger partial charge in [-0.05, 0) is 53.2 Å². The number of nitrogens with zero attached hydrogens (tertiary/aromatic N) is 5. The second kappa shape index (κ2) is 13.3. The van der Waals surface area contributed by atoms with Crippen molar-refractivity contribution in [3.05, 3.63) is 70.3 Å². The third-order valence-corrected chi connectivity index (χ3v) is 15.4. The standard InChI is InChI=1S/C31H44BrN5O3Si/c1-20(2)41(21(3)4,22(5)6)40-29-15-26(14-24(29)18-38)36(7)31-27(16-33-19-34-31)30(39)28-11-12-37(35-28)17-23-9-8-10-25(32)13-23/h8-13,16,19-22,24,26,29,38H,14-15,17-18H2,1-7H3/t24-,26-,29+/m1/s1. The minimum atomic E-state index is -2.12. The molecule has 41 heavy (non-hydrogen) atoms. The predicted molar refractivity (Wildman–Crippen MR) is 169 cm³/mol. The molecule has 0 aliphatic heterocycles. The van der Waals surface area contributed by atoms with Crippen molar-refractivity contribution in [1.82, 2.24) is 19.7 Å². The maximum Gasteiger partial charge on any atom is 0.218 e. The Morgan fingerprint density at radius 2 is 1.85 bits per heavy atom. The Morgan fingerprint density at radius 3 is 2.49 bits per heavy atom. The maximum atomic E-state index is 13.7. The lowest BCUT2D eigenvalue weighted by Crippen LogP contribution is -2.51. The molecule has 222 valence electrons. The smallest absolute Gasteiger partial charge is 0.218 e. The summed E-state index contributed by atoms with van der Waals surface area (Å²) in [6.45, 7) is 14.4. The Morgan fingerprint density at radius 1 is 1.15 bits per heavy atom. The highest BCUT2D eigenvalue weighted by Crippen LogP contribution is 2.46. The number of aromatic nitrogens is 4. The lowest BCUT2D eigenvalue weighted by Gasteiger charge is -2.45. The maximum absolute atomic E-state index is 13.7. The van der Waals surface area contributed by atoms with E-state index in [-0.39, 0.29) is 30.5 Å². The molecule has 1 fully saturated rings. The zero-order chi connectivity index (χ0) is 29.9. The van der Waals surface area contributed by atoms with Crippen molar-refractivity contribution in [2.24, 2.45) is 5.92 Å². The molecule has 0 amide bonds. The van der Waals surface area contributed by atoms with Gasteiger partial charge in [0.25, 0.3) is 0 Å². The van der Waals surface area contributed by atoms with Crippen LogP contribution >= 0.6 is 15.9 Å².